The fourth-order valence-corrected chi connectivity index (χ4v) is 3.88. The second-order valence-electron chi connectivity index (χ2n) is 8.76. The summed E-state index contributed by atoms with van der Waals surface area (Å²) < 4.78 is 15.4. The number of carbonyl (C=O) groups is 3. The van der Waals surface area contributed by atoms with Crippen LogP contribution in [0.4, 0.5) is 0 Å². The highest BCUT2D eigenvalue weighted by molar-refractivity contribution is 5.88. The fraction of sp³-hybridized carbons (Fsp3) is 0.296. The van der Waals surface area contributed by atoms with Gasteiger partial charge < -0.3 is 44.8 Å². The number of phenols is 4. The Kier molecular flexibility index (Phi) is 9.17. The molecule has 12 heteroatoms. The third-order valence-electron chi connectivity index (χ3n) is 5.85. The van der Waals surface area contributed by atoms with Gasteiger partial charge in [0, 0.05) is 25.0 Å². The lowest BCUT2D eigenvalue weighted by atomic mass is 9.79. The number of carbonyl (C=O) groups excluding carboxylic acids is 3. The summed E-state index contributed by atoms with van der Waals surface area (Å²) in [4.78, 5) is 37.4. The van der Waals surface area contributed by atoms with Crippen molar-refractivity contribution in [1.82, 2.24) is 0 Å². The molecule has 0 amide bonds. The maximum atomic E-state index is 12.5. The van der Waals surface area contributed by atoms with Crippen LogP contribution in [0, 0.1) is 0 Å². The van der Waals surface area contributed by atoms with E-state index in [2.05, 4.69) is 0 Å². The normalized spacial score (nSPS) is 23.0. The van der Waals surface area contributed by atoms with Gasteiger partial charge in [0.1, 0.15) is 18.3 Å². The highest BCUT2D eigenvalue weighted by atomic mass is 16.6. The van der Waals surface area contributed by atoms with Gasteiger partial charge in [0.05, 0.1) is 6.61 Å². The van der Waals surface area contributed by atoms with Crippen molar-refractivity contribution in [3.8, 4) is 23.0 Å². The van der Waals surface area contributed by atoms with Crippen molar-refractivity contribution in [1.29, 1.82) is 0 Å². The van der Waals surface area contributed by atoms with Crippen LogP contribution in [0.3, 0.4) is 0 Å². The van der Waals surface area contributed by atoms with Gasteiger partial charge in [-0.15, -0.1) is 0 Å². The minimum absolute atomic E-state index is 0.0664. The number of esters is 3. The highest BCUT2D eigenvalue weighted by Crippen LogP contribution is 2.34. The molecule has 1 saturated carbocycles. The summed E-state index contributed by atoms with van der Waals surface area (Å²) in [5.74, 6) is -4.52. The third-order valence-corrected chi connectivity index (χ3v) is 5.85. The third kappa shape index (κ3) is 7.49. The number of phenolic OH excluding ortho intramolecular Hbond substituents is 4. The van der Waals surface area contributed by atoms with Crippen molar-refractivity contribution >= 4 is 30.1 Å². The molecule has 1 fully saturated rings. The Hall–Kier alpha value is -4.55. The van der Waals surface area contributed by atoms with Gasteiger partial charge >= 0.3 is 17.9 Å². The molecule has 2 aromatic rings. The van der Waals surface area contributed by atoms with Crippen LogP contribution in [-0.2, 0) is 28.6 Å². The first kappa shape index (κ1) is 29.0. The second kappa shape index (κ2) is 12.3. The molecule has 2 aromatic carbocycles. The molecule has 12 nitrogen and oxygen atoms in total. The molecule has 0 bridgehead atoms. The smallest absolute Gasteiger partial charge is 0.338 e. The Labute approximate surface area is 222 Å². The number of rotatable bonds is 8. The molecule has 39 heavy (non-hydrogen) atoms. The number of hydrogen-bond donors (Lipinski definition) is 6. The van der Waals surface area contributed by atoms with Gasteiger partial charge in [-0.05, 0) is 54.5 Å². The molecule has 208 valence electrons. The Balaban J connectivity index is 1.75. The molecule has 1 aliphatic carbocycles. The molecule has 0 saturated heterocycles. The molecular weight excluding hydrogens is 516 g/mol. The summed E-state index contributed by atoms with van der Waals surface area (Å²) in [5.41, 5.74) is -1.56. The van der Waals surface area contributed by atoms with Crippen LogP contribution in [0.25, 0.3) is 12.2 Å². The van der Waals surface area contributed by atoms with Gasteiger partial charge in [0.25, 0.3) is 0 Å². The zero-order valence-electron chi connectivity index (χ0n) is 20.8. The molecule has 3 rings (SSSR count). The molecule has 0 aromatic heterocycles. The van der Waals surface area contributed by atoms with E-state index in [-0.39, 0.29) is 18.1 Å². The van der Waals surface area contributed by atoms with E-state index in [0.29, 0.717) is 11.1 Å². The van der Waals surface area contributed by atoms with E-state index in [4.69, 9.17) is 14.2 Å². The zero-order valence-corrected chi connectivity index (χ0v) is 20.8. The summed E-state index contributed by atoms with van der Waals surface area (Å²) in [7, 11) is 0. The van der Waals surface area contributed by atoms with Gasteiger partial charge in [0.2, 0.25) is 0 Å². The number of benzene rings is 2. The van der Waals surface area contributed by atoms with Crippen LogP contribution >= 0.6 is 0 Å². The average Bonchev–Trinajstić information content (AvgIpc) is 2.88. The van der Waals surface area contributed by atoms with Crippen molar-refractivity contribution < 1.29 is 59.2 Å². The number of hydrogen-bond acceptors (Lipinski definition) is 12. The van der Waals surface area contributed by atoms with Crippen molar-refractivity contribution in [3.05, 3.63) is 59.7 Å². The fourth-order valence-electron chi connectivity index (χ4n) is 3.88. The predicted molar refractivity (Wildman–Crippen MR) is 134 cm³/mol. The molecule has 0 heterocycles. The topological polar surface area (TPSA) is 200 Å². The van der Waals surface area contributed by atoms with E-state index in [1.807, 2.05) is 0 Å². The Bertz CT molecular complexity index is 1200. The summed E-state index contributed by atoms with van der Waals surface area (Å²) >= 11 is 0. The minimum Gasteiger partial charge on any atom is -0.504 e. The first-order chi connectivity index (χ1) is 18.4. The van der Waals surface area contributed by atoms with Gasteiger partial charge in [-0.25, -0.2) is 14.4 Å². The van der Waals surface area contributed by atoms with Crippen molar-refractivity contribution in [2.24, 2.45) is 0 Å². The summed E-state index contributed by atoms with van der Waals surface area (Å²) in [6.07, 6.45) is -1.20. The highest BCUT2D eigenvalue weighted by Gasteiger charge is 2.53. The first-order valence-electron chi connectivity index (χ1n) is 11.8. The molecule has 6 N–H and O–H groups in total. The monoisotopic (exact) mass is 544 g/mol. The molecular formula is C27H28O12. The molecule has 2 unspecified atom stereocenters. The zero-order chi connectivity index (χ0) is 28.7. The van der Waals surface area contributed by atoms with Crippen LogP contribution in [0.1, 0.15) is 30.9 Å². The summed E-state index contributed by atoms with van der Waals surface area (Å²) in [6.45, 7) is 1.45. The minimum atomic E-state index is -2.25. The van der Waals surface area contributed by atoms with E-state index < -0.39 is 66.2 Å². The van der Waals surface area contributed by atoms with Gasteiger partial charge in [-0.1, -0.05) is 12.1 Å². The lowest BCUT2D eigenvalue weighted by Crippen LogP contribution is -2.58. The Morgan fingerprint density at radius 3 is 1.64 bits per heavy atom. The summed E-state index contributed by atoms with van der Waals surface area (Å²) in [5, 5.41) is 59.7. The van der Waals surface area contributed by atoms with Crippen LogP contribution in [0.2, 0.25) is 0 Å². The van der Waals surface area contributed by atoms with Crippen molar-refractivity contribution in [2.45, 2.75) is 43.7 Å². The predicted octanol–water partition coefficient (Wildman–Crippen LogP) is 1.51. The molecule has 1 aliphatic rings. The van der Waals surface area contributed by atoms with Gasteiger partial charge in [-0.3, -0.25) is 0 Å². The van der Waals surface area contributed by atoms with Crippen molar-refractivity contribution in [3.63, 3.8) is 0 Å². The van der Waals surface area contributed by atoms with Crippen LogP contribution in [0.5, 0.6) is 23.0 Å². The lowest BCUT2D eigenvalue weighted by molar-refractivity contribution is -0.206. The maximum Gasteiger partial charge on any atom is 0.338 e. The van der Waals surface area contributed by atoms with E-state index in [1.165, 1.54) is 55.5 Å². The van der Waals surface area contributed by atoms with Gasteiger partial charge in [-0.2, -0.15) is 0 Å². The number of ether oxygens (including phenoxy) is 3. The molecule has 0 aliphatic heterocycles. The summed E-state index contributed by atoms with van der Waals surface area (Å²) in [6, 6.07) is 7.63. The van der Waals surface area contributed by atoms with E-state index in [0.717, 1.165) is 12.2 Å². The van der Waals surface area contributed by atoms with Crippen LogP contribution in [-0.4, -0.2) is 79.1 Å². The standard InChI is InChI=1S/C27H28O12/c1-2-37-26(35)27(36)13-21(38-23(32)9-5-15-3-7-17(28)19(30)11-15)25(34)22(14-27)39-24(33)10-6-16-4-8-18(29)20(31)12-16/h3-12,21-22,25,28-31,34,36H,2,13-14H2,1H3. The maximum absolute atomic E-state index is 12.5. The number of aliphatic hydroxyl groups excluding tert-OH is 1. The van der Waals surface area contributed by atoms with Crippen molar-refractivity contribution in [2.75, 3.05) is 6.61 Å². The van der Waals surface area contributed by atoms with E-state index >= 15 is 0 Å². The Morgan fingerprint density at radius 1 is 0.821 bits per heavy atom. The van der Waals surface area contributed by atoms with Crippen LogP contribution < -0.4 is 0 Å². The molecule has 2 atom stereocenters. The largest absolute Gasteiger partial charge is 0.504 e. The average molecular weight is 545 g/mol. The van der Waals surface area contributed by atoms with Gasteiger partial charge in [0.15, 0.2) is 28.6 Å². The lowest BCUT2D eigenvalue weighted by Gasteiger charge is -2.41. The Morgan fingerprint density at radius 2 is 1.26 bits per heavy atom. The first-order valence-corrected chi connectivity index (χ1v) is 11.8. The number of aromatic hydroxyl groups is 4. The van der Waals surface area contributed by atoms with E-state index in [1.54, 1.807) is 0 Å². The number of aliphatic hydroxyl groups is 2. The molecule has 0 spiro atoms. The van der Waals surface area contributed by atoms with Crippen LogP contribution in [0.15, 0.2) is 48.6 Å². The van der Waals surface area contributed by atoms with E-state index in [9.17, 15) is 45.0 Å². The SMILES string of the molecule is CCOC(=O)C1(O)CC(OC(=O)C=Cc2ccc(O)c(O)c2)C(O)C(OC(=O)C=Cc2ccc(O)c(O)c2)C1. The quantitative estimate of drug-likeness (QED) is 0.121. The second-order valence-corrected chi connectivity index (χ2v) is 8.76. The molecule has 0 radical (unpaired) electrons.